The van der Waals surface area contributed by atoms with Crippen LogP contribution in [0.1, 0.15) is 15.9 Å². The number of aromatic nitrogens is 3. The number of rotatable bonds is 9. The molecule has 36 heavy (non-hydrogen) atoms. The van der Waals surface area contributed by atoms with Gasteiger partial charge in [-0.2, -0.15) is 0 Å². The third-order valence-corrected chi connectivity index (χ3v) is 6.13. The van der Waals surface area contributed by atoms with Crippen LogP contribution < -0.4 is 5.32 Å². The van der Waals surface area contributed by atoms with Crippen molar-refractivity contribution in [2.24, 2.45) is 0 Å². The summed E-state index contributed by atoms with van der Waals surface area (Å²) in [6, 6.07) is 22.2. The van der Waals surface area contributed by atoms with E-state index in [0.29, 0.717) is 34.3 Å². The van der Waals surface area contributed by atoms with Crippen molar-refractivity contribution in [2.75, 3.05) is 18.2 Å². The monoisotopic (exact) mass is 503 g/mol. The summed E-state index contributed by atoms with van der Waals surface area (Å²) in [5.41, 5.74) is 2.60. The predicted molar refractivity (Wildman–Crippen MR) is 135 cm³/mol. The number of benzene rings is 3. The maximum atomic E-state index is 12.6. The molecule has 0 bridgehead atoms. The number of carbonyl (C=O) groups excluding carboxylic acids is 2. The molecular formula is C25H21N5O5S. The first-order valence-corrected chi connectivity index (χ1v) is 11.8. The number of methoxy groups -OCH3 is 1. The van der Waals surface area contributed by atoms with Gasteiger partial charge >= 0.3 is 5.97 Å². The number of thioether (sulfide) groups is 1. The van der Waals surface area contributed by atoms with Crippen molar-refractivity contribution in [3.8, 4) is 11.4 Å². The van der Waals surface area contributed by atoms with Gasteiger partial charge in [0.15, 0.2) is 11.0 Å². The van der Waals surface area contributed by atoms with Crippen molar-refractivity contribution in [1.29, 1.82) is 0 Å². The Labute approximate surface area is 210 Å². The molecular weight excluding hydrogens is 482 g/mol. The minimum atomic E-state index is -0.457. The van der Waals surface area contributed by atoms with Crippen LogP contribution in [0.4, 0.5) is 11.4 Å². The van der Waals surface area contributed by atoms with E-state index in [1.807, 2.05) is 34.9 Å². The molecule has 1 N–H and O–H groups in total. The van der Waals surface area contributed by atoms with Gasteiger partial charge in [0.05, 0.1) is 29.9 Å². The molecule has 0 saturated heterocycles. The number of nitro benzene ring substituents is 1. The number of nitro groups is 1. The fourth-order valence-corrected chi connectivity index (χ4v) is 4.12. The van der Waals surface area contributed by atoms with E-state index in [9.17, 15) is 19.7 Å². The molecule has 1 heterocycles. The SMILES string of the molecule is COC(=O)c1ccc(NC(=O)CSc2nnc(-c3ccc([N+](=O)[O-])cc3)n2Cc2ccccc2)cc1. The van der Waals surface area contributed by atoms with Gasteiger partial charge in [-0.25, -0.2) is 4.79 Å². The summed E-state index contributed by atoms with van der Waals surface area (Å²) in [5.74, 6) is -0.0941. The molecule has 3 aromatic carbocycles. The van der Waals surface area contributed by atoms with Crippen molar-refractivity contribution in [3.05, 3.63) is 100 Å². The largest absolute Gasteiger partial charge is 0.465 e. The zero-order chi connectivity index (χ0) is 25.5. The number of hydrogen-bond donors (Lipinski definition) is 1. The lowest BCUT2D eigenvalue weighted by atomic mass is 10.2. The van der Waals surface area contributed by atoms with Gasteiger partial charge in [0.1, 0.15) is 0 Å². The van der Waals surface area contributed by atoms with Gasteiger partial charge < -0.3 is 10.1 Å². The van der Waals surface area contributed by atoms with E-state index in [1.165, 1.54) is 31.0 Å². The predicted octanol–water partition coefficient (Wildman–Crippen LogP) is 4.42. The van der Waals surface area contributed by atoms with E-state index in [0.717, 1.165) is 5.56 Å². The van der Waals surface area contributed by atoms with Gasteiger partial charge in [0, 0.05) is 23.4 Å². The van der Waals surface area contributed by atoms with E-state index in [2.05, 4.69) is 20.3 Å². The summed E-state index contributed by atoms with van der Waals surface area (Å²) < 4.78 is 6.55. The molecule has 0 radical (unpaired) electrons. The van der Waals surface area contributed by atoms with Crippen molar-refractivity contribution >= 4 is 35.0 Å². The summed E-state index contributed by atoms with van der Waals surface area (Å²) >= 11 is 1.22. The van der Waals surface area contributed by atoms with Crippen LogP contribution in [0.15, 0.2) is 84.0 Å². The fraction of sp³-hybridized carbons (Fsp3) is 0.120. The first kappa shape index (κ1) is 24.6. The highest BCUT2D eigenvalue weighted by Crippen LogP contribution is 2.27. The third kappa shape index (κ3) is 5.94. The molecule has 4 rings (SSSR count). The van der Waals surface area contributed by atoms with Gasteiger partial charge in [0.25, 0.3) is 5.69 Å². The van der Waals surface area contributed by atoms with E-state index in [-0.39, 0.29) is 17.3 Å². The Morgan fingerprint density at radius 3 is 2.33 bits per heavy atom. The van der Waals surface area contributed by atoms with E-state index in [4.69, 9.17) is 0 Å². The Hall–Kier alpha value is -4.51. The second-order valence-corrected chi connectivity index (χ2v) is 8.53. The Bertz CT molecular complexity index is 1370. The van der Waals surface area contributed by atoms with Crippen LogP contribution in [0.25, 0.3) is 11.4 Å². The molecule has 0 spiro atoms. The molecule has 182 valence electrons. The molecule has 0 fully saturated rings. The number of esters is 1. The molecule has 0 aliphatic rings. The summed E-state index contributed by atoms with van der Waals surface area (Å²) in [4.78, 5) is 34.7. The first-order chi connectivity index (χ1) is 17.4. The maximum Gasteiger partial charge on any atom is 0.337 e. The molecule has 0 saturated carbocycles. The van der Waals surface area contributed by atoms with Crippen LogP contribution in [-0.2, 0) is 16.1 Å². The van der Waals surface area contributed by atoms with E-state index < -0.39 is 10.9 Å². The first-order valence-electron chi connectivity index (χ1n) is 10.8. The summed E-state index contributed by atoms with van der Waals surface area (Å²) in [6.45, 7) is 0.457. The highest BCUT2D eigenvalue weighted by atomic mass is 32.2. The number of non-ortho nitro benzene ring substituents is 1. The van der Waals surface area contributed by atoms with Crippen LogP contribution in [0.2, 0.25) is 0 Å². The van der Waals surface area contributed by atoms with Crippen molar-refractivity contribution in [3.63, 3.8) is 0 Å². The third-order valence-electron chi connectivity index (χ3n) is 5.16. The zero-order valence-corrected chi connectivity index (χ0v) is 20.0. The molecule has 10 nitrogen and oxygen atoms in total. The number of amides is 1. The smallest absolute Gasteiger partial charge is 0.337 e. The van der Waals surface area contributed by atoms with Gasteiger partial charge in [-0.15, -0.1) is 10.2 Å². The fourth-order valence-electron chi connectivity index (χ4n) is 3.38. The molecule has 4 aromatic rings. The molecule has 0 atom stereocenters. The lowest BCUT2D eigenvalue weighted by Crippen LogP contribution is -2.15. The Balaban J connectivity index is 1.51. The number of nitrogens with one attached hydrogen (secondary N) is 1. The van der Waals surface area contributed by atoms with Crippen LogP contribution in [0.5, 0.6) is 0 Å². The van der Waals surface area contributed by atoms with Crippen molar-refractivity contribution < 1.29 is 19.2 Å². The number of anilines is 1. The second kappa shape index (κ2) is 11.3. The quantitative estimate of drug-likeness (QED) is 0.154. The van der Waals surface area contributed by atoms with Gasteiger partial charge in [-0.05, 0) is 42.0 Å². The Morgan fingerprint density at radius 1 is 1.00 bits per heavy atom. The summed E-state index contributed by atoms with van der Waals surface area (Å²) in [6.07, 6.45) is 0. The number of nitrogens with zero attached hydrogens (tertiary/aromatic N) is 4. The van der Waals surface area contributed by atoms with Gasteiger partial charge in [-0.1, -0.05) is 42.1 Å². The molecule has 1 amide bonds. The van der Waals surface area contributed by atoms with Crippen molar-refractivity contribution in [2.45, 2.75) is 11.7 Å². The minimum Gasteiger partial charge on any atom is -0.465 e. The highest BCUT2D eigenvalue weighted by molar-refractivity contribution is 7.99. The normalized spacial score (nSPS) is 10.6. The average Bonchev–Trinajstić information content (AvgIpc) is 3.30. The lowest BCUT2D eigenvalue weighted by molar-refractivity contribution is -0.384. The van der Waals surface area contributed by atoms with Crippen LogP contribution in [0.3, 0.4) is 0 Å². The van der Waals surface area contributed by atoms with Crippen LogP contribution in [0, 0.1) is 10.1 Å². The topological polar surface area (TPSA) is 129 Å². The summed E-state index contributed by atoms with van der Waals surface area (Å²) in [5, 5.41) is 22.9. The Morgan fingerprint density at radius 2 is 1.69 bits per heavy atom. The minimum absolute atomic E-state index is 0.0150. The van der Waals surface area contributed by atoms with Gasteiger partial charge in [0.2, 0.25) is 5.91 Å². The molecule has 0 unspecified atom stereocenters. The molecule has 0 aliphatic heterocycles. The molecule has 11 heteroatoms. The number of carbonyl (C=O) groups is 2. The van der Waals surface area contributed by atoms with Crippen LogP contribution in [-0.4, -0.2) is 44.4 Å². The van der Waals surface area contributed by atoms with E-state index >= 15 is 0 Å². The van der Waals surface area contributed by atoms with Crippen LogP contribution >= 0.6 is 11.8 Å². The number of hydrogen-bond acceptors (Lipinski definition) is 8. The standard InChI is InChI=1S/C25H21N5O5S/c1-35-24(32)19-7-11-20(12-8-19)26-22(31)16-36-25-28-27-23(18-9-13-21(14-10-18)30(33)34)29(25)15-17-5-3-2-4-6-17/h2-14H,15-16H2,1H3,(H,26,31). The van der Waals surface area contributed by atoms with Crippen molar-refractivity contribution in [1.82, 2.24) is 14.8 Å². The summed E-state index contributed by atoms with van der Waals surface area (Å²) in [7, 11) is 1.30. The molecule has 1 aromatic heterocycles. The highest BCUT2D eigenvalue weighted by Gasteiger charge is 2.17. The van der Waals surface area contributed by atoms with E-state index in [1.54, 1.807) is 36.4 Å². The number of ether oxygens (including phenoxy) is 1. The molecule has 0 aliphatic carbocycles. The average molecular weight is 504 g/mol. The van der Waals surface area contributed by atoms with Gasteiger partial charge in [-0.3, -0.25) is 19.5 Å². The second-order valence-electron chi connectivity index (χ2n) is 7.59. The lowest BCUT2D eigenvalue weighted by Gasteiger charge is -2.11. The maximum absolute atomic E-state index is 12.6. The zero-order valence-electron chi connectivity index (χ0n) is 19.2. The Kier molecular flexibility index (Phi) is 7.71.